The maximum Gasteiger partial charge on any atom is 0.0711 e. The number of nitrogens with zero attached hydrogens (tertiary/aromatic N) is 3. The number of anilines is 1. The van der Waals surface area contributed by atoms with Crippen LogP contribution in [0.1, 0.15) is 12.5 Å². The number of hydrogen-bond donors (Lipinski definition) is 1. The first kappa shape index (κ1) is 11.8. The van der Waals surface area contributed by atoms with Crippen LogP contribution in [0.3, 0.4) is 0 Å². The summed E-state index contributed by atoms with van der Waals surface area (Å²) in [5, 5.41) is 14.3. The van der Waals surface area contributed by atoms with E-state index in [1.807, 2.05) is 32.2 Å². The van der Waals surface area contributed by atoms with E-state index in [1.165, 1.54) is 0 Å². The van der Waals surface area contributed by atoms with Gasteiger partial charge in [0.1, 0.15) is 0 Å². The number of benzene rings is 1. The van der Waals surface area contributed by atoms with Crippen molar-refractivity contribution in [2.45, 2.75) is 6.92 Å². The van der Waals surface area contributed by atoms with Crippen molar-refractivity contribution in [3.63, 3.8) is 0 Å². The van der Waals surface area contributed by atoms with Crippen LogP contribution in [-0.2, 0) is 0 Å². The minimum Gasteiger partial charge on any atom is -0.388 e. The van der Waals surface area contributed by atoms with Gasteiger partial charge in [-0.1, -0.05) is 15.9 Å². The molecule has 0 unspecified atom stereocenters. The van der Waals surface area contributed by atoms with Gasteiger partial charge in [-0.3, -0.25) is 0 Å². The minimum absolute atomic E-state index is 0.825. The second-order valence-electron chi connectivity index (χ2n) is 2.91. The van der Waals surface area contributed by atoms with E-state index in [4.69, 9.17) is 0 Å². The number of rotatable bonds is 3. The van der Waals surface area contributed by atoms with Crippen molar-refractivity contribution >= 4 is 27.3 Å². The maximum absolute atomic E-state index is 3.98. The molecule has 0 atom stereocenters. The molecule has 0 saturated heterocycles. The second kappa shape index (κ2) is 5.60. The van der Waals surface area contributed by atoms with Crippen molar-refractivity contribution in [2.24, 2.45) is 15.4 Å². The summed E-state index contributed by atoms with van der Waals surface area (Å²) in [4.78, 5) is 0. The van der Waals surface area contributed by atoms with Crippen molar-refractivity contribution in [3.8, 4) is 0 Å². The van der Waals surface area contributed by atoms with Crippen LogP contribution in [0.2, 0.25) is 0 Å². The number of halogens is 1. The molecule has 1 rings (SSSR count). The number of hydrogen-bond acceptors (Lipinski definition) is 3. The third-order valence-electron chi connectivity index (χ3n) is 1.92. The first-order valence-corrected chi connectivity index (χ1v) is 5.29. The monoisotopic (exact) mass is 268 g/mol. The fraction of sp³-hybridized carbons (Fsp3) is 0.300. The average molecular weight is 269 g/mol. The molecule has 0 radical (unpaired) electrons. The van der Waals surface area contributed by atoms with E-state index < -0.39 is 0 Å². The van der Waals surface area contributed by atoms with E-state index in [0.29, 0.717) is 0 Å². The molecule has 0 spiro atoms. The van der Waals surface area contributed by atoms with Crippen LogP contribution in [0.4, 0.5) is 5.69 Å². The fourth-order valence-corrected chi connectivity index (χ4v) is 1.56. The molecule has 0 bridgehead atoms. The Morgan fingerprint density at radius 2 is 2.13 bits per heavy atom. The molecule has 0 aliphatic heterocycles. The lowest BCUT2D eigenvalue weighted by atomic mass is 10.1. The van der Waals surface area contributed by atoms with E-state index in [1.54, 1.807) is 7.05 Å². The number of nitrogens with one attached hydrogen (secondary N) is 1. The fourth-order valence-electron chi connectivity index (χ4n) is 1.20. The molecule has 0 aliphatic rings. The molecule has 0 amide bonds. The highest BCUT2D eigenvalue weighted by Crippen LogP contribution is 2.21. The quantitative estimate of drug-likeness (QED) is 0.511. The van der Waals surface area contributed by atoms with Crippen molar-refractivity contribution in [1.29, 1.82) is 0 Å². The molecule has 15 heavy (non-hydrogen) atoms. The zero-order valence-corrected chi connectivity index (χ0v) is 10.5. The van der Waals surface area contributed by atoms with Crippen molar-refractivity contribution < 1.29 is 0 Å². The van der Waals surface area contributed by atoms with E-state index in [0.717, 1.165) is 21.4 Å². The molecule has 0 aliphatic carbocycles. The maximum atomic E-state index is 3.98. The van der Waals surface area contributed by atoms with Gasteiger partial charge in [-0.15, -0.1) is 5.10 Å². The Kier molecular flexibility index (Phi) is 4.42. The molecule has 1 N–H and O–H groups in total. The molecule has 1 aromatic rings. The van der Waals surface area contributed by atoms with Gasteiger partial charge in [0.2, 0.25) is 0 Å². The van der Waals surface area contributed by atoms with Crippen LogP contribution in [0.25, 0.3) is 0 Å². The summed E-state index contributed by atoms with van der Waals surface area (Å²) in [5.41, 5.74) is 2.86. The van der Waals surface area contributed by atoms with Gasteiger partial charge in [-0.05, 0) is 30.3 Å². The minimum atomic E-state index is 0.825. The van der Waals surface area contributed by atoms with Crippen LogP contribution in [0.15, 0.2) is 38.1 Å². The Morgan fingerprint density at radius 1 is 1.40 bits per heavy atom. The average Bonchev–Trinajstić information content (AvgIpc) is 2.25. The summed E-state index contributed by atoms with van der Waals surface area (Å²) in [6.07, 6.45) is 0. The van der Waals surface area contributed by atoms with Gasteiger partial charge >= 0.3 is 0 Å². The summed E-state index contributed by atoms with van der Waals surface area (Å²) in [5.74, 6) is 0. The van der Waals surface area contributed by atoms with Crippen molar-refractivity contribution in [1.82, 2.24) is 0 Å². The predicted molar refractivity (Wildman–Crippen MR) is 66.7 cm³/mol. The van der Waals surface area contributed by atoms with E-state index in [9.17, 15) is 0 Å². The van der Waals surface area contributed by atoms with E-state index in [2.05, 4.69) is 36.7 Å². The Labute approximate surface area is 97.6 Å². The zero-order valence-electron chi connectivity index (χ0n) is 8.95. The van der Waals surface area contributed by atoms with Gasteiger partial charge in [0.15, 0.2) is 0 Å². The Balaban J connectivity index is 3.16. The predicted octanol–water partition coefficient (Wildman–Crippen LogP) is 3.30. The van der Waals surface area contributed by atoms with E-state index >= 15 is 0 Å². The summed E-state index contributed by atoms with van der Waals surface area (Å²) >= 11 is 3.43. The molecule has 0 heterocycles. The summed E-state index contributed by atoms with van der Waals surface area (Å²) in [6, 6.07) is 5.96. The van der Waals surface area contributed by atoms with Crippen molar-refractivity contribution in [3.05, 3.63) is 28.2 Å². The van der Waals surface area contributed by atoms with E-state index in [-0.39, 0.29) is 0 Å². The van der Waals surface area contributed by atoms with Gasteiger partial charge in [-0.2, -0.15) is 5.11 Å². The third kappa shape index (κ3) is 3.13. The standard InChI is InChI=1S/C10H13BrN4/c1-7(14-15-13-3)9-6-8(11)4-5-10(9)12-2/h4-6,12H,1-3H3/b14-7+,15-13?. The highest BCUT2D eigenvalue weighted by molar-refractivity contribution is 9.10. The lowest BCUT2D eigenvalue weighted by Crippen LogP contribution is -2.00. The highest BCUT2D eigenvalue weighted by atomic mass is 79.9. The van der Waals surface area contributed by atoms with Crippen molar-refractivity contribution in [2.75, 3.05) is 19.4 Å². The molecule has 0 aromatic heterocycles. The Bertz CT molecular complexity index is 398. The van der Waals surface area contributed by atoms with Gasteiger partial charge < -0.3 is 5.32 Å². The molecule has 4 nitrogen and oxygen atoms in total. The summed E-state index contributed by atoms with van der Waals surface area (Å²) in [6.45, 7) is 1.90. The van der Waals surface area contributed by atoms with Crippen LogP contribution >= 0.6 is 15.9 Å². The first-order valence-electron chi connectivity index (χ1n) is 4.50. The van der Waals surface area contributed by atoms with Gasteiger partial charge in [-0.25, -0.2) is 0 Å². The highest BCUT2D eigenvalue weighted by Gasteiger charge is 2.04. The normalized spacial score (nSPS) is 12.1. The SMILES string of the molecule is CN=N/N=C(\C)c1cc(Br)ccc1NC. The van der Waals surface area contributed by atoms with Crippen LogP contribution < -0.4 is 5.32 Å². The molecule has 5 heteroatoms. The van der Waals surface area contributed by atoms with Gasteiger partial charge in [0, 0.05) is 22.8 Å². The first-order chi connectivity index (χ1) is 7.19. The lowest BCUT2D eigenvalue weighted by Gasteiger charge is -2.08. The largest absolute Gasteiger partial charge is 0.388 e. The van der Waals surface area contributed by atoms with Gasteiger partial charge in [0.25, 0.3) is 0 Å². The molecule has 0 fully saturated rings. The lowest BCUT2D eigenvalue weighted by molar-refractivity contribution is 1.02. The topological polar surface area (TPSA) is 49.1 Å². The Morgan fingerprint density at radius 3 is 2.73 bits per heavy atom. The molecular weight excluding hydrogens is 256 g/mol. The Hall–Kier alpha value is -1.23. The van der Waals surface area contributed by atoms with Gasteiger partial charge in [0.05, 0.1) is 12.8 Å². The second-order valence-corrected chi connectivity index (χ2v) is 3.83. The molecule has 0 saturated carbocycles. The molecule has 80 valence electrons. The molecular formula is C10H13BrN4. The van der Waals surface area contributed by atoms with Crippen LogP contribution in [0.5, 0.6) is 0 Å². The summed E-state index contributed by atoms with van der Waals surface area (Å²) < 4.78 is 1.01. The smallest absolute Gasteiger partial charge is 0.0711 e. The molecule has 1 aromatic carbocycles. The third-order valence-corrected chi connectivity index (χ3v) is 2.42. The zero-order chi connectivity index (χ0) is 11.3. The van der Waals surface area contributed by atoms with Crippen LogP contribution in [-0.4, -0.2) is 19.8 Å². The van der Waals surface area contributed by atoms with Crippen LogP contribution in [0, 0.1) is 0 Å². The summed E-state index contributed by atoms with van der Waals surface area (Å²) in [7, 11) is 3.47.